The summed E-state index contributed by atoms with van der Waals surface area (Å²) in [5, 5.41) is 0.684. The van der Waals surface area contributed by atoms with Gasteiger partial charge < -0.3 is 10.1 Å². The Morgan fingerprint density at radius 1 is 1.60 bits per heavy atom. The Labute approximate surface area is 93.9 Å². The summed E-state index contributed by atoms with van der Waals surface area (Å²) in [6, 6.07) is 3.76. The van der Waals surface area contributed by atoms with E-state index in [1.54, 1.807) is 0 Å². The number of fused-ring (bicyclic) bond motifs is 1. The van der Waals surface area contributed by atoms with E-state index in [1.807, 2.05) is 28.9 Å². The standard InChI is InChI=1S/C11H14ClN3/c1-8(6-13)5-9-7-15-4-2-3-10(12)11(15)14-9/h2-4,7-8H,5-6,13H2,1H3. The fourth-order valence-corrected chi connectivity index (χ4v) is 1.78. The number of halogens is 1. The summed E-state index contributed by atoms with van der Waals surface area (Å²) in [5.74, 6) is 0.452. The highest BCUT2D eigenvalue weighted by Crippen LogP contribution is 2.17. The second-order valence-corrected chi connectivity index (χ2v) is 4.27. The van der Waals surface area contributed by atoms with E-state index in [9.17, 15) is 0 Å². The van der Waals surface area contributed by atoms with Crippen LogP contribution in [0.25, 0.3) is 5.65 Å². The van der Waals surface area contributed by atoms with Gasteiger partial charge in [-0.2, -0.15) is 0 Å². The smallest absolute Gasteiger partial charge is 0.155 e. The van der Waals surface area contributed by atoms with Gasteiger partial charge in [0, 0.05) is 12.4 Å². The molecule has 0 aliphatic carbocycles. The Morgan fingerprint density at radius 2 is 2.40 bits per heavy atom. The molecule has 0 bridgehead atoms. The summed E-state index contributed by atoms with van der Waals surface area (Å²) in [7, 11) is 0. The van der Waals surface area contributed by atoms with Crippen LogP contribution in [-0.4, -0.2) is 15.9 Å². The van der Waals surface area contributed by atoms with Crippen molar-refractivity contribution in [3.8, 4) is 0 Å². The van der Waals surface area contributed by atoms with Crippen molar-refractivity contribution in [1.82, 2.24) is 9.38 Å². The van der Waals surface area contributed by atoms with Gasteiger partial charge in [0.1, 0.15) is 0 Å². The normalized spacial score (nSPS) is 13.3. The van der Waals surface area contributed by atoms with Gasteiger partial charge in [0.2, 0.25) is 0 Å². The first kappa shape index (κ1) is 10.5. The van der Waals surface area contributed by atoms with Crippen LogP contribution in [0.2, 0.25) is 5.02 Å². The van der Waals surface area contributed by atoms with E-state index in [0.717, 1.165) is 17.8 Å². The molecule has 4 heteroatoms. The van der Waals surface area contributed by atoms with E-state index in [0.29, 0.717) is 17.5 Å². The lowest BCUT2D eigenvalue weighted by atomic mass is 10.1. The first-order valence-corrected chi connectivity index (χ1v) is 5.40. The number of aromatic nitrogens is 2. The Hall–Kier alpha value is -1.06. The molecule has 2 aromatic rings. The lowest BCUT2D eigenvalue weighted by Crippen LogP contribution is -2.13. The van der Waals surface area contributed by atoms with Crippen LogP contribution in [0, 0.1) is 5.92 Å². The molecule has 80 valence electrons. The van der Waals surface area contributed by atoms with Crippen molar-refractivity contribution in [2.45, 2.75) is 13.3 Å². The van der Waals surface area contributed by atoms with Crippen molar-refractivity contribution in [3.63, 3.8) is 0 Å². The molecule has 0 amide bonds. The lowest BCUT2D eigenvalue weighted by molar-refractivity contribution is 0.586. The predicted octanol–water partition coefficient (Wildman–Crippen LogP) is 2.12. The molecular formula is C11H14ClN3. The monoisotopic (exact) mass is 223 g/mol. The minimum Gasteiger partial charge on any atom is -0.330 e. The first-order chi connectivity index (χ1) is 7.20. The molecule has 0 saturated heterocycles. The Kier molecular flexibility index (Phi) is 2.93. The van der Waals surface area contributed by atoms with E-state index in [-0.39, 0.29) is 0 Å². The van der Waals surface area contributed by atoms with Crippen LogP contribution >= 0.6 is 11.6 Å². The molecule has 2 heterocycles. The average Bonchev–Trinajstić information content (AvgIpc) is 2.62. The predicted molar refractivity (Wildman–Crippen MR) is 62.1 cm³/mol. The molecule has 15 heavy (non-hydrogen) atoms. The summed E-state index contributed by atoms with van der Waals surface area (Å²) in [6.07, 6.45) is 4.85. The minimum absolute atomic E-state index is 0.452. The molecule has 1 atom stereocenters. The van der Waals surface area contributed by atoms with E-state index in [4.69, 9.17) is 17.3 Å². The van der Waals surface area contributed by atoms with Gasteiger partial charge in [0.15, 0.2) is 5.65 Å². The van der Waals surface area contributed by atoms with Gasteiger partial charge >= 0.3 is 0 Å². The van der Waals surface area contributed by atoms with Crippen LogP contribution in [0.1, 0.15) is 12.6 Å². The maximum absolute atomic E-state index is 6.03. The van der Waals surface area contributed by atoms with Gasteiger partial charge in [-0.05, 0) is 31.0 Å². The van der Waals surface area contributed by atoms with Crippen LogP contribution in [-0.2, 0) is 6.42 Å². The van der Waals surface area contributed by atoms with Crippen molar-refractivity contribution in [1.29, 1.82) is 0 Å². The topological polar surface area (TPSA) is 43.3 Å². The number of imidazole rings is 1. The summed E-state index contributed by atoms with van der Waals surface area (Å²) < 4.78 is 1.95. The minimum atomic E-state index is 0.452. The molecule has 0 spiro atoms. The van der Waals surface area contributed by atoms with E-state index >= 15 is 0 Å². The molecule has 2 rings (SSSR count). The molecule has 0 aliphatic heterocycles. The highest BCUT2D eigenvalue weighted by Gasteiger charge is 2.07. The van der Waals surface area contributed by atoms with Gasteiger partial charge in [0.25, 0.3) is 0 Å². The van der Waals surface area contributed by atoms with Crippen molar-refractivity contribution < 1.29 is 0 Å². The van der Waals surface area contributed by atoms with Crippen molar-refractivity contribution in [2.24, 2.45) is 11.7 Å². The third-order valence-corrected chi connectivity index (χ3v) is 2.74. The van der Waals surface area contributed by atoms with Crippen LogP contribution in [0.4, 0.5) is 0 Å². The SMILES string of the molecule is CC(CN)Cc1cn2cccc(Cl)c2n1. The molecule has 2 aromatic heterocycles. The molecule has 0 aliphatic rings. The molecular weight excluding hydrogens is 210 g/mol. The second kappa shape index (κ2) is 4.21. The van der Waals surface area contributed by atoms with Crippen LogP contribution in [0.5, 0.6) is 0 Å². The Balaban J connectivity index is 2.35. The zero-order valence-electron chi connectivity index (χ0n) is 8.65. The quantitative estimate of drug-likeness (QED) is 0.866. The largest absolute Gasteiger partial charge is 0.330 e. The zero-order chi connectivity index (χ0) is 10.8. The van der Waals surface area contributed by atoms with Crippen molar-refractivity contribution in [2.75, 3.05) is 6.54 Å². The Bertz CT molecular complexity index is 464. The molecule has 1 unspecified atom stereocenters. The van der Waals surface area contributed by atoms with Crippen molar-refractivity contribution in [3.05, 3.63) is 35.2 Å². The summed E-state index contributed by atoms with van der Waals surface area (Å²) in [6.45, 7) is 2.80. The maximum atomic E-state index is 6.03. The maximum Gasteiger partial charge on any atom is 0.155 e. The average molecular weight is 224 g/mol. The number of nitrogens with two attached hydrogens (primary N) is 1. The molecule has 0 radical (unpaired) electrons. The lowest BCUT2D eigenvalue weighted by Gasteiger charge is -2.03. The van der Waals surface area contributed by atoms with Crippen LogP contribution in [0.3, 0.4) is 0 Å². The first-order valence-electron chi connectivity index (χ1n) is 5.03. The molecule has 2 N–H and O–H groups in total. The van der Waals surface area contributed by atoms with Gasteiger partial charge in [0.05, 0.1) is 10.7 Å². The zero-order valence-corrected chi connectivity index (χ0v) is 9.41. The molecule has 3 nitrogen and oxygen atoms in total. The third kappa shape index (κ3) is 2.13. The number of pyridine rings is 1. The molecule has 0 saturated carbocycles. The van der Waals surface area contributed by atoms with Gasteiger partial charge in [-0.1, -0.05) is 18.5 Å². The number of hydrogen-bond acceptors (Lipinski definition) is 2. The summed E-state index contributed by atoms with van der Waals surface area (Å²) in [4.78, 5) is 4.48. The Morgan fingerprint density at radius 3 is 3.07 bits per heavy atom. The fourth-order valence-electron chi connectivity index (χ4n) is 1.57. The highest BCUT2D eigenvalue weighted by molar-refractivity contribution is 6.33. The second-order valence-electron chi connectivity index (χ2n) is 3.86. The van der Waals surface area contributed by atoms with Gasteiger partial charge in [-0.25, -0.2) is 4.98 Å². The summed E-state index contributed by atoms with van der Waals surface area (Å²) >= 11 is 6.03. The number of hydrogen-bond donors (Lipinski definition) is 1. The molecule has 0 aromatic carbocycles. The third-order valence-electron chi connectivity index (χ3n) is 2.44. The fraction of sp³-hybridized carbons (Fsp3) is 0.364. The van der Waals surface area contributed by atoms with E-state index < -0.39 is 0 Å². The molecule has 0 fully saturated rings. The van der Waals surface area contributed by atoms with E-state index in [1.165, 1.54) is 0 Å². The van der Waals surface area contributed by atoms with Crippen LogP contribution in [0.15, 0.2) is 24.5 Å². The number of nitrogens with zero attached hydrogens (tertiary/aromatic N) is 2. The highest BCUT2D eigenvalue weighted by atomic mass is 35.5. The van der Waals surface area contributed by atoms with E-state index in [2.05, 4.69) is 11.9 Å². The van der Waals surface area contributed by atoms with Crippen molar-refractivity contribution >= 4 is 17.2 Å². The van der Waals surface area contributed by atoms with Gasteiger partial charge in [-0.15, -0.1) is 0 Å². The van der Waals surface area contributed by atoms with Gasteiger partial charge in [-0.3, -0.25) is 0 Å². The summed E-state index contributed by atoms with van der Waals surface area (Å²) in [5.41, 5.74) is 7.44. The number of rotatable bonds is 3. The van der Waals surface area contributed by atoms with Crippen LogP contribution < -0.4 is 5.73 Å².